The predicted molar refractivity (Wildman–Crippen MR) is 73.8 cm³/mol. The van der Waals surface area contributed by atoms with E-state index in [4.69, 9.17) is 0 Å². The molecule has 3 rings (SSSR count). The summed E-state index contributed by atoms with van der Waals surface area (Å²) in [7, 11) is 0. The lowest BCUT2D eigenvalue weighted by Gasteiger charge is -2.03. The van der Waals surface area contributed by atoms with Crippen LogP contribution in [-0.2, 0) is 11.2 Å². The fourth-order valence-electron chi connectivity index (χ4n) is 2.07. The fraction of sp³-hybridized carbons (Fsp3) is 0.0667. The van der Waals surface area contributed by atoms with E-state index in [1.165, 1.54) is 11.3 Å². The zero-order valence-corrected chi connectivity index (χ0v) is 10.8. The monoisotopic (exact) mass is 268 g/mol. The number of aromatic nitrogens is 1. The highest BCUT2D eigenvalue weighted by atomic mass is 32.1. The Morgan fingerprint density at radius 1 is 1.16 bits per heavy atom. The number of carbonyl (C=O) groups is 1. The van der Waals surface area contributed by atoms with Crippen LogP contribution >= 0.6 is 11.3 Å². The van der Waals surface area contributed by atoms with Crippen molar-refractivity contribution in [2.24, 2.45) is 0 Å². The van der Waals surface area contributed by atoms with Crippen LogP contribution in [0, 0.1) is 0 Å². The molecule has 0 N–H and O–H groups in total. The number of carboxylic acid groups (broad SMARTS) is 1. The Morgan fingerprint density at radius 3 is 2.79 bits per heavy atom. The molecule has 0 atom stereocenters. The summed E-state index contributed by atoms with van der Waals surface area (Å²) in [5.41, 5.74) is 1.58. The Labute approximate surface area is 114 Å². The topological polar surface area (TPSA) is 53.0 Å². The average Bonchev–Trinajstić information content (AvgIpc) is 2.85. The molecular formula is C15H10NO2S-. The van der Waals surface area contributed by atoms with E-state index in [0.717, 1.165) is 21.3 Å². The van der Waals surface area contributed by atoms with Crippen molar-refractivity contribution in [3.63, 3.8) is 0 Å². The molecule has 19 heavy (non-hydrogen) atoms. The van der Waals surface area contributed by atoms with Gasteiger partial charge in [0.25, 0.3) is 0 Å². The second kappa shape index (κ2) is 4.82. The molecule has 0 aliphatic heterocycles. The van der Waals surface area contributed by atoms with Gasteiger partial charge in [0.05, 0.1) is 5.69 Å². The predicted octanol–water partition coefficient (Wildman–Crippen LogP) is 2.26. The van der Waals surface area contributed by atoms with E-state index >= 15 is 0 Å². The van der Waals surface area contributed by atoms with Crippen molar-refractivity contribution in [1.82, 2.24) is 4.98 Å². The van der Waals surface area contributed by atoms with Crippen LogP contribution in [0.4, 0.5) is 0 Å². The number of thiazole rings is 1. The van der Waals surface area contributed by atoms with Crippen LogP contribution in [0.5, 0.6) is 0 Å². The molecule has 94 valence electrons. The first-order valence-corrected chi connectivity index (χ1v) is 6.74. The van der Waals surface area contributed by atoms with Gasteiger partial charge in [0.2, 0.25) is 0 Å². The summed E-state index contributed by atoms with van der Waals surface area (Å²) in [6.07, 6.45) is -0.138. The SMILES string of the molecule is O=C([O-])Cc1csc(-c2cccc3ccccc23)n1. The molecule has 0 aliphatic carbocycles. The second-order valence-corrected chi connectivity index (χ2v) is 5.08. The largest absolute Gasteiger partial charge is 0.550 e. The Kier molecular flexibility index (Phi) is 3.01. The van der Waals surface area contributed by atoms with Gasteiger partial charge in [-0.15, -0.1) is 11.3 Å². The van der Waals surface area contributed by atoms with Gasteiger partial charge in [-0.2, -0.15) is 0 Å². The van der Waals surface area contributed by atoms with Crippen molar-refractivity contribution in [1.29, 1.82) is 0 Å². The maximum absolute atomic E-state index is 10.6. The zero-order chi connectivity index (χ0) is 13.2. The minimum atomic E-state index is -1.10. The first kappa shape index (κ1) is 11.9. The first-order valence-electron chi connectivity index (χ1n) is 5.86. The maximum Gasteiger partial charge on any atom is 0.124 e. The molecule has 3 nitrogen and oxygen atoms in total. The quantitative estimate of drug-likeness (QED) is 0.732. The Morgan fingerprint density at radius 2 is 1.95 bits per heavy atom. The zero-order valence-electron chi connectivity index (χ0n) is 10.00. The van der Waals surface area contributed by atoms with Gasteiger partial charge in [0.15, 0.2) is 0 Å². The van der Waals surface area contributed by atoms with Crippen LogP contribution in [-0.4, -0.2) is 11.0 Å². The Bertz CT molecular complexity index is 743. The number of hydrogen-bond donors (Lipinski definition) is 0. The van der Waals surface area contributed by atoms with Crippen LogP contribution in [0.25, 0.3) is 21.3 Å². The van der Waals surface area contributed by atoms with Gasteiger partial charge >= 0.3 is 0 Å². The molecule has 0 radical (unpaired) electrons. The van der Waals surface area contributed by atoms with Gasteiger partial charge in [-0.1, -0.05) is 42.5 Å². The highest BCUT2D eigenvalue weighted by Crippen LogP contribution is 2.30. The summed E-state index contributed by atoms with van der Waals surface area (Å²) in [4.78, 5) is 14.9. The summed E-state index contributed by atoms with van der Waals surface area (Å²) in [6, 6.07) is 14.1. The van der Waals surface area contributed by atoms with Gasteiger partial charge in [-0.3, -0.25) is 0 Å². The van der Waals surface area contributed by atoms with Gasteiger partial charge in [0.1, 0.15) is 5.01 Å². The van der Waals surface area contributed by atoms with Gasteiger partial charge in [-0.25, -0.2) is 4.98 Å². The van der Waals surface area contributed by atoms with E-state index in [1.54, 1.807) is 5.38 Å². The van der Waals surface area contributed by atoms with Crippen molar-refractivity contribution in [2.75, 3.05) is 0 Å². The maximum atomic E-state index is 10.6. The van der Waals surface area contributed by atoms with E-state index in [-0.39, 0.29) is 6.42 Å². The van der Waals surface area contributed by atoms with Crippen molar-refractivity contribution in [3.05, 3.63) is 53.5 Å². The number of aliphatic carboxylic acids is 1. The van der Waals surface area contributed by atoms with Crippen LogP contribution in [0.2, 0.25) is 0 Å². The highest BCUT2D eigenvalue weighted by molar-refractivity contribution is 7.13. The lowest BCUT2D eigenvalue weighted by atomic mass is 10.1. The molecule has 0 unspecified atom stereocenters. The number of fused-ring (bicyclic) bond motifs is 1. The van der Waals surface area contributed by atoms with Crippen LogP contribution in [0.3, 0.4) is 0 Å². The molecule has 0 bridgehead atoms. The molecule has 0 aliphatic rings. The minimum absolute atomic E-state index is 0.138. The Hall–Kier alpha value is -2.20. The van der Waals surface area contributed by atoms with Gasteiger partial charge in [0, 0.05) is 23.3 Å². The number of nitrogens with zero attached hydrogens (tertiary/aromatic N) is 1. The van der Waals surface area contributed by atoms with Gasteiger partial charge in [-0.05, 0) is 10.8 Å². The van der Waals surface area contributed by atoms with E-state index < -0.39 is 5.97 Å². The summed E-state index contributed by atoms with van der Waals surface area (Å²) in [6.45, 7) is 0. The van der Waals surface area contributed by atoms with E-state index in [2.05, 4.69) is 17.1 Å². The normalized spacial score (nSPS) is 10.7. The van der Waals surface area contributed by atoms with E-state index in [9.17, 15) is 9.90 Å². The summed E-state index contributed by atoms with van der Waals surface area (Å²) in [5.74, 6) is -1.10. The highest BCUT2D eigenvalue weighted by Gasteiger charge is 2.08. The summed E-state index contributed by atoms with van der Waals surface area (Å²) < 4.78 is 0. The number of carboxylic acids is 1. The van der Waals surface area contributed by atoms with E-state index in [1.807, 2.05) is 30.3 Å². The molecule has 0 saturated carbocycles. The van der Waals surface area contributed by atoms with Crippen molar-refractivity contribution >= 4 is 28.1 Å². The third-order valence-corrected chi connectivity index (χ3v) is 3.82. The summed E-state index contributed by atoms with van der Waals surface area (Å²) >= 11 is 1.46. The van der Waals surface area contributed by atoms with Crippen LogP contribution in [0.1, 0.15) is 5.69 Å². The summed E-state index contributed by atoms with van der Waals surface area (Å²) in [5, 5.41) is 15.5. The fourth-order valence-corrected chi connectivity index (χ4v) is 2.93. The molecule has 2 aromatic carbocycles. The second-order valence-electron chi connectivity index (χ2n) is 4.22. The van der Waals surface area contributed by atoms with E-state index in [0.29, 0.717) is 5.69 Å². The number of hydrogen-bond acceptors (Lipinski definition) is 4. The van der Waals surface area contributed by atoms with Crippen molar-refractivity contribution in [3.8, 4) is 10.6 Å². The van der Waals surface area contributed by atoms with Crippen molar-refractivity contribution < 1.29 is 9.90 Å². The molecule has 0 amide bonds. The standard InChI is InChI=1S/C15H11NO2S/c17-14(18)8-11-9-19-15(16-11)13-7-3-5-10-4-1-2-6-12(10)13/h1-7,9H,8H2,(H,17,18)/p-1. The molecule has 1 aromatic heterocycles. The average molecular weight is 268 g/mol. The van der Waals surface area contributed by atoms with Crippen LogP contribution in [0.15, 0.2) is 47.8 Å². The first-order chi connectivity index (χ1) is 9.24. The molecule has 0 spiro atoms. The smallest absolute Gasteiger partial charge is 0.124 e. The van der Waals surface area contributed by atoms with Crippen LogP contribution < -0.4 is 5.11 Å². The third kappa shape index (κ3) is 2.35. The Balaban J connectivity index is 2.09. The lowest BCUT2D eigenvalue weighted by molar-refractivity contribution is -0.304. The molecule has 1 heterocycles. The molecule has 4 heteroatoms. The number of benzene rings is 2. The van der Waals surface area contributed by atoms with Gasteiger partial charge < -0.3 is 9.90 Å². The van der Waals surface area contributed by atoms with Crippen molar-refractivity contribution in [2.45, 2.75) is 6.42 Å². The minimum Gasteiger partial charge on any atom is -0.550 e. The number of carbonyl (C=O) groups excluding carboxylic acids is 1. The number of rotatable bonds is 3. The molecule has 0 fully saturated rings. The lowest BCUT2D eigenvalue weighted by Crippen LogP contribution is -2.24. The molecular weight excluding hydrogens is 258 g/mol. The molecule has 3 aromatic rings. The third-order valence-electron chi connectivity index (χ3n) is 2.90. The molecule has 0 saturated heterocycles.